The van der Waals surface area contributed by atoms with Crippen molar-refractivity contribution in [1.29, 1.82) is 0 Å². The van der Waals surface area contributed by atoms with Gasteiger partial charge < -0.3 is 14.0 Å². The van der Waals surface area contributed by atoms with Gasteiger partial charge in [-0.15, -0.1) is 0 Å². The number of benzene rings is 1. The van der Waals surface area contributed by atoms with Crippen LogP contribution in [0.1, 0.15) is 23.0 Å². The van der Waals surface area contributed by atoms with Crippen LogP contribution in [0.15, 0.2) is 36.5 Å². The highest BCUT2D eigenvalue weighted by atomic mass is 16.5. The first-order valence-electron chi connectivity index (χ1n) is 6.02. The summed E-state index contributed by atoms with van der Waals surface area (Å²) >= 11 is 0. The van der Waals surface area contributed by atoms with E-state index in [2.05, 4.69) is 0 Å². The Bertz CT molecular complexity index is 587. The van der Waals surface area contributed by atoms with Crippen LogP contribution in [0.2, 0.25) is 0 Å². The van der Waals surface area contributed by atoms with Gasteiger partial charge in [0.15, 0.2) is 17.3 Å². The Balaban J connectivity index is 2.28. The maximum atomic E-state index is 11.5. The highest BCUT2D eigenvalue weighted by Gasteiger charge is 2.08. The van der Waals surface area contributed by atoms with Gasteiger partial charge >= 0.3 is 0 Å². The van der Waals surface area contributed by atoms with Crippen molar-refractivity contribution in [2.45, 2.75) is 13.5 Å². The van der Waals surface area contributed by atoms with Crippen LogP contribution < -0.4 is 9.47 Å². The number of nitrogens with zero attached hydrogens (tertiary/aromatic N) is 1. The van der Waals surface area contributed by atoms with Gasteiger partial charge in [0.05, 0.1) is 19.9 Å². The standard InChI is InChI=1S/C15H17NO3/c1-11(17)13-5-4-8-16(13)10-12-6-7-14(18-2)15(9-12)19-3/h4-9H,10H2,1-3H3. The molecular weight excluding hydrogens is 242 g/mol. The van der Waals surface area contributed by atoms with Crippen LogP contribution in [0.3, 0.4) is 0 Å². The van der Waals surface area contributed by atoms with Crippen LogP contribution >= 0.6 is 0 Å². The number of aromatic nitrogens is 1. The third-order valence-electron chi connectivity index (χ3n) is 2.99. The highest BCUT2D eigenvalue weighted by Crippen LogP contribution is 2.28. The summed E-state index contributed by atoms with van der Waals surface area (Å²) in [7, 11) is 3.22. The van der Waals surface area contributed by atoms with Gasteiger partial charge in [0, 0.05) is 19.7 Å². The minimum atomic E-state index is 0.0606. The van der Waals surface area contributed by atoms with Gasteiger partial charge in [0.1, 0.15) is 0 Å². The lowest BCUT2D eigenvalue weighted by atomic mass is 10.2. The first-order chi connectivity index (χ1) is 9.15. The molecule has 0 saturated carbocycles. The molecule has 1 aromatic carbocycles. The number of methoxy groups -OCH3 is 2. The predicted octanol–water partition coefficient (Wildman–Crippen LogP) is 2.76. The third kappa shape index (κ3) is 2.78. The molecule has 0 bridgehead atoms. The molecule has 0 aliphatic heterocycles. The van der Waals surface area contributed by atoms with Crippen molar-refractivity contribution in [2.75, 3.05) is 14.2 Å². The first kappa shape index (κ1) is 13.2. The van der Waals surface area contributed by atoms with E-state index in [-0.39, 0.29) is 5.78 Å². The minimum Gasteiger partial charge on any atom is -0.493 e. The summed E-state index contributed by atoms with van der Waals surface area (Å²) < 4.78 is 12.4. The fourth-order valence-corrected chi connectivity index (χ4v) is 2.05. The lowest BCUT2D eigenvalue weighted by molar-refractivity contribution is 0.100. The quantitative estimate of drug-likeness (QED) is 0.775. The lowest BCUT2D eigenvalue weighted by Crippen LogP contribution is -2.06. The SMILES string of the molecule is COc1ccc(Cn2cccc2C(C)=O)cc1OC. The Hall–Kier alpha value is -2.23. The average molecular weight is 259 g/mol. The van der Waals surface area contributed by atoms with Crippen LogP contribution in [-0.2, 0) is 6.54 Å². The summed E-state index contributed by atoms with van der Waals surface area (Å²) in [5.74, 6) is 1.45. The fraction of sp³-hybridized carbons (Fsp3) is 0.267. The average Bonchev–Trinajstić information content (AvgIpc) is 2.87. The second kappa shape index (κ2) is 5.61. The molecular formula is C15H17NO3. The Morgan fingerprint density at radius 1 is 1.16 bits per heavy atom. The molecule has 0 aliphatic carbocycles. The first-order valence-corrected chi connectivity index (χ1v) is 6.02. The summed E-state index contributed by atoms with van der Waals surface area (Å²) in [5.41, 5.74) is 1.76. The number of Topliss-reactive ketones (excluding diaryl/α,β-unsaturated/α-hetero) is 1. The lowest BCUT2D eigenvalue weighted by Gasteiger charge is -2.11. The largest absolute Gasteiger partial charge is 0.493 e. The Kier molecular flexibility index (Phi) is 3.90. The number of ketones is 1. The van der Waals surface area contributed by atoms with Gasteiger partial charge in [-0.3, -0.25) is 4.79 Å². The van der Waals surface area contributed by atoms with Gasteiger partial charge in [0.25, 0.3) is 0 Å². The van der Waals surface area contributed by atoms with Crippen molar-refractivity contribution >= 4 is 5.78 Å². The van der Waals surface area contributed by atoms with Gasteiger partial charge in [-0.05, 0) is 29.8 Å². The summed E-state index contributed by atoms with van der Waals surface area (Å²) in [6.45, 7) is 2.20. The van der Waals surface area contributed by atoms with Crippen molar-refractivity contribution in [2.24, 2.45) is 0 Å². The van der Waals surface area contributed by atoms with E-state index in [1.807, 2.05) is 41.1 Å². The van der Waals surface area contributed by atoms with Crippen molar-refractivity contribution in [3.05, 3.63) is 47.8 Å². The van der Waals surface area contributed by atoms with E-state index in [9.17, 15) is 4.79 Å². The van der Waals surface area contributed by atoms with Gasteiger partial charge in [0.2, 0.25) is 0 Å². The number of rotatable bonds is 5. The molecule has 100 valence electrons. The zero-order valence-electron chi connectivity index (χ0n) is 11.3. The molecule has 19 heavy (non-hydrogen) atoms. The third-order valence-corrected chi connectivity index (χ3v) is 2.99. The van der Waals surface area contributed by atoms with E-state index >= 15 is 0 Å². The number of carbonyl (C=O) groups is 1. The second-order valence-electron chi connectivity index (χ2n) is 4.27. The number of ether oxygens (including phenoxy) is 2. The summed E-state index contributed by atoms with van der Waals surface area (Å²) in [4.78, 5) is 11.5. The Labute approximate surface area is 112 Å². The van der Waals surface area contributed by atoms with E-state index in [0.717, 1.165) is 5.56 Å². The molecule has 0 amide bonds. The van der Waals surface area contributed by atoms with E-state index in [0.29, 0.717) is 23.7 Å². The summed E-state index contributed by atoms with van der Waals surface area (Å²) in [5, 5.41) is 0. The summed E-state index contributed by atoms with van der Waals surface area (Å²) in [6.07, 6.45) is 1.90. The normalized spacial score (nSPS) is 10.3. The zero-order chi connectivity index (χ0) is 13.8. The van der Waals surface area contributed by atoms with Crippen molar-refractivity contribution in [3.8, 4) is 11.5 Å². The molecule has 1 heterocycles. The molecule has 1 aromatic heterocycles. The molecule has 0 saturated heterocycles. The number of carbonyl (C=O) groups excluding carboxylic acids is 1. The molecule has 0 radical (unpaired) electrons. The van der Waals surface area contributed by atoms with Crippen LogP contribution in [0.5, 0.6) is 11.5 Å². The van der Waals surface area contributed by atoms with E-state index in [4.69, 9.17) is 9.47 Å². The predicted molar refractivity (Wildman–Crippen MR) is 73.1 cm³/mol. The van der Waals surface area contributed by atoms with E-state index < -0.39 is 0 Å². The Morgan fingerprint density at radius 2 is 1.89 bits per heavy atom. The number of hydrogen-bond donors (Lipinski definition) is 0. The van der Waals surface area contributed by atoms with Crippen molar-refractivity contribution in [1.82, 2.24) is 4.57 Å². The molecule has 0 N–H and O–H groups in total. The van der Waals surface area contributed by atoms with Crippen LogP contribution in [0, 0.1) is 0 Å². The van der Waals surface area contributed by atoms with E-state index in [1.165, 1.54) is 0 Å². The molecule has 0 atom stereocenters. The monoisotopic (exact) mass is 259 g/mol. The smallest absolute Gasteiger partial charge is 0.176 e. The second-order valence-corrected chi connectivity index (χ2v) is 4.27. The molecule has 0 fully saturated rings. The maximum absolute atomic E-state index is 11.5. The molecule has 4 nitrogen and oxygen atoms in total. The maximum Gasteiger partial charge on any atom is 0.176 e. The molecule has 2 rings (SSSR count). The van der Waals surface area contributed by atoms with Gasteiger partial charge in [-0.1, -0.05) is 6.07 Å². The van der Waals surface area contributed by atoms with Crippen molar-refractivity contribution in [3.63, 3.8) is 0 Å². The van der Waals surface area contributed by atoms with Crippen LogP contribution in [0.25, 0.3) is 0 Å². The van der Waals surface area contributed by atoms with E-state index in [1.54, 1.807) is 21.1 Å². The van der Waals surface area contributed by atoms with Gasteiger partial charge in [-0.25, -0.2) is 0 Å². The molecule has 4 heteroatoms. The molecule has 0 spiro atoms. The molecule has 0 aliphatic rings. The fourth-order valence-electron chi connectivity index (χ4n) is 2.05. The van der Waals surface area contributed by atoms with Gasteiger partial charge in [-0.2, -0.15) is 0 Å². The number of hydrogen-bond acceptors (Lipinski definition) is 3. The van der Waals surface area contributed by atoms with Crippen molar-refractivity contribution < 1.29 is 14.3 Å². The van der Waals surface area contributed by atoms with Crippen LogP contribution in [0.4, 0.5) is 0 Å². The highest BCUT2D eigenvalue weighted by molar-refractivity contribution is 5.92. The van der Waals surface area contributed by atoms with Crippen LogP contribution in [-0.4, -0.2) is 24.6 Å². The minimum absolute atomic E-state index is 0.0606. The zero-order valence-corrected chi connectivity index (χ0v) is 11.3. The molecule has 2 aromatic rings. The summed E-state index contributed by atoms with van der Waals surface area (Å²) in [6, 6.07) is 9.44. The topological polar surface area (TPSA) is 40.5 Å². The Morgan fingerprint density at radius 3 is 2.53 bits per heavy atom. The molecule has 0 unspecified atom stereocenters.